The molecular weight excluding hydrogens is 289 g/mol. The summed E-state index contributed by atoms with van der Waals surface area (Å²) in [7, 11) is 0. The highest BCUT2D eigenvalue weighted by molar-refractivity contribution is 6.30. The van der Waals surface area contributed by atoms with Crippen molar-refractivity contribution >= 4 is 17.3 Å². The maximum Gasteiger partial charge on any atom is 0.418 e. The van der Waals surface area contributed by atoms with Crippen molar-refractivity contribution in [3.05, 3.63) is 28.8 Å². The number of anilines is 1. The van der Waals surface area contributed by atoms with Gasteiger partial charge >= 0.3 is 6.18 Å². The van der Waals surface area contributed by atoms with Crippen LogP contribution >= 0.6 is 11.6 Å². The Bertz CT molecular complexity index is 500. The minimum atomic E-state index is -4.37. The van der Waals surface area contributed by atoms with E-state index in [-0.39, 0.29) is 10.7 Å². The van der Waals surface area contributed by atoms with Crippen LogP contribution in [0.25, 0.3) is 0 Å². The first-order valence-corrected chi connectivity index (χ1v) is 7.19. The molecule has 6 heteroatoms. The average molecular weight is 305 g/mol. The average Bonchev–Trinajstić information content (AvgIpc) is 3.05. The van der Waals surface area contributed by atoms with Crippen molar-refractivity contribution in [2.75, 3.05) is 18.0 Å². The SMILES string of the molecule is FC(F)(F)c1cc(Cl)ccc1N1CCC(NC2CC2)C1. The molecule has 1 aromatic carbocycles. The highest BCUT2D eigenvalue weighted by atomic mass is 35.5. The molecule has 1 aromatic rings. The highest BCUT2D eigenvalue weighted by Crippen LogP contribution is 2.39. The van der Waals surface area contributed by atoms with Crippen molar-refractivity contribution in [3.8, 4) is 0 Å². The first-order valence-electron chi connectivity index (χ1n) is 6.81. The van der Waals surface area contributed by atoms with Gasteiger partial charge in [-0.3, -0.25) is 0 Å². The number of halogens is 4. The van der Waals surface area contributed by atoms with Gasteiger partial charge in [0.1, 0.15) is 0 Å². The van der Waals surface area contributed by atoms with Gasteiger partial charge in [-0.15, -0.1) is 0 Å². The Labute approximate surface area is 120 Å². The predicted octanol–water partition coefficient (Wildman–Crippen LogP) is 3.69. The molecule has 2 nitrogen and oxygen atoms in total. The number of nitrogens with zero attached hydrogens (tertiary/aromatic N) is 1. The largest absolute Gasteiger partial charge is 0.418 e. The third-order valence-corrected chi connectivity index (χ3v) is 4.08. The minimum Gasteiger partial charge on any atom is -0.369 e. The summed E-state index contributed by atoms with van der Waals surface area (Å²) < 4.78 is 39.3. The standard InChI is InChI=1S/C14H16ClF3N2/c15-9-1-4-13(12(7-9)14(16,17)18)20-6-5-11(8-20)19-10-2-3-10/h1,4,7,10-11,19H,2-3,5-6,8H2. The first kappa shape index (κ1) is 14.0. The van der Waals surface area contributed by atoms with E-state index in [4.69, 9.17) is 11.6 Å². The monoisotopic (exact) mass is 304 g/mol. The third kappa shape index (κ3) is 3.04. The van der Waals surface area contributed by atoms with Gasteiger partial charge < -0.3 is 10.2 Å². The summed E-state index contributed by atoms with van der Waals surface area (Å²) in [5, 5.41) is 3.59. The molecule has 1 saturated heterocycles. The van der Waals surface area contributed by atoms with Crippen molar-refractivity contribution in [2.45, 2.75) is 37.5 Å². The molecule has 1 heterocycles. The van der Waals surface area contributed by atoms with Gasteiger partial charge in [0.2, 0.25) is 0 Å². The lowest BCUT2D eigenvalue weighted by Crippen LogP contribution is -2.34. The smallest absolute Gasteiger partial charge is 0.369 e. The molecule has 1 aliphatic heterocycles. The lowest BCUT2D eigenvalue weighted by atomic mass is 10.1. The van der Waals surface area contributed by atoms with Crippen LogP contribution in [0, 0.1) is 0 Å². The van der Waals surface area contributed by atoms with Crippen LogP contribution in [0.5, 0.6) is 0 Å². The van der Waals surface area contributed by atoms with Crippen LogP contribution in [0.1, 0.15) is 24.8 Å². The Hall–Kier alpha value is -0.940. The van der Waals surface area contributed by atoms with Gasteiger partial charge in [-0.25, -0.2) is 0 Å². The quantitative estimate of drug-likeness (QED) is 0.916. The summed E-state index contributed by atoms with van der Waals surface area (Å²) in [5.74, 6) is 0. The van der Waals surface area contributed by atoms with Crippen LogP contribution < -0.4 is 10.2 Å². The van der Waals surface area contributed by atoms with Gasteiger partial charge in [0, 0.05) is 35.9 Å². The minimum absolute atomic E-state index is 0.118. The van der Waals surface area contributed by atoms with Crippen LogP contribution in [-0.2, 0) is 6.18 Å². The van der Waals surface area contributed by atoms with Crippen molar-refractivity contribution < 1.29 is 13.2 Å². The zero-order valence-electron chi connectivity index (χ0n) is 10.9. The molecule has 110 valence electrons. The molecule has 1 atom stereocenters. The molecule has 1 aliphatic carbocycles. The van der Waals surface area contributed by atoms with Crippen LogP contribution in [0.2, 0.25) is 5.02 Å². The lowest BCUT2D eigenvalue weighted by Gasteiger charge is -2.23. The Morgan fingerprint density at radius 3 is 2.55 bits per heavy atom. The van der Waals surface area contributed by atoms with E-state index in [1.165, 1.54) is 25.0 Å². The third-order valence-electron chi connectivity index (χ3n) is 3.84. The van der Waals surface area contributed by atoms with Crippen LogP contribution in [0.4, 0.5) is 18.9 Å². The number of benzene rings is 1. The summed E-state index contributed by atoms with van der Waals surface area (Å²) in [5.41, 5.74) is -0.404. The second-order valence-electron chi connectivity index (χ2n) is 5.53. The van der Waals surface area contributed by atoms with Crippen LogP contribution in [-0.4, -0.2) is 25.2 Å². The molecule has 2 fully saturated rings. The molecule has 0 radical (unpaired) electrons. The normalized spacial score (nSPS) is 23.4. The van der Waals surface area contributed by atoms with E-state index in [1.54, 1.807) is 4.90 Å². The van der Waals surface area contributed by atoms with Crippen molar-refractivity contribution in [2.24, 2.45) is 0 Å². The van der Waals surface area contributed by atoms with E-state index >= 15 is 0 Å². The molecule has 1 saturated carbocycles. The summed E-state index contributed by atoms with van der Waals surface area (Å²) in [6.45, 7) is 1.27. The van der Waals surface area contributed by atoms with Crippen LogP contribution in [0.3, 0.4) is 0 Å². The lowest BCUT2D eigenvalue weighted by molar-refractivity contribution is -0.137. The zero-order chi connectivity index (χ0) is 14.3. The molecule has 2 aliphatic rings. The summed E-state index contributed by atoms with van der Waals surface area (Å²) in [6, 6.07) is 4.88. The summed E-state index contributed by atoms with van der Waals surface area (Å²) >= 11 is 5.70. The maximum absolute atomic E-state index is 13.1. The van der Waals surface area contributed by atoms with E-state index in [1.807, 2.05) is 0 Å². The van der Waals surface area contributed by atoms with E-state index in [2.05, 4.69) is 5.32 Å². The van der Waals surface area contributed by atoms with E-state index in [0.29, 0.717) is 25.2 Å². The number of alkyl halides is 3. The van der Waals surface area contributed by atoms with E-state index in [9.17, 15) is 13.2 Å². The fourth-order valence-corrected chi connectivity index (χ4v) is 2.88. The first-order chi connectivity index (χ1) is 9.43. The van der Waals surface area contributed by atoms with Gasteiger partial charge in [0.25, 0.3) is 0 Å². The molecule has 0 amide bonds. The topological polar surface area (TPSA) is 15.3 Å². The number of hydrogen-bond acceptors (Lipinski definition) is 2. The zero-order valence-corrected chi connectivity index (χ0v) is 11.6. The van der Waals surface area contributed by atoms with E-state index in [0.717, 1.165) is 12.5 Å². The molecule has 0 spiro atoms. The summed E-state index contributed by atoms with van der Waals surface area (Å²) in [6.07, 6.45) is -1.12. The highest BCUT2D eigenvalue weighted by Gasteiger charge is 2.37. The molecule has 20 heavy (non-hydrogen) atoms. The van der Waals surface area contributed by atoms with Crippen molar-refractivity contribution in [1.82, 2.24) is 5.32 Å². The number of nitrogens with one attached hydrogen (secondary N) is 1. The van der Waals surface area contributed by atoms with Crippen molar-refractivity contribution in [1.29, 1.82) is 0 Å². The molecular formula is C14H16ClF3N2. The van der Waals surface area contributed by atoms with Gasteiger partial charge in [0.05, 0.1) is 5.56 Å². The molecule has 0 aromatic heterocycles. The predicted molar refractivity (Wildman–Crippen MR) is 73.2 cm³/mol. The fourth-order valence-electron chi connectivity index (χ4n) is 2.71. The maximum atomic E-state index is 13.1. The molecule has 3 rings (SSSR count). The Kier molecular flexibility index (Phi) is 3.58. The molecule has 1 unspecified atom stereocenters. The second kappa shape index (κ2) is 5.11. The number of rotatable bonds is 3. The second-order valence-corrected chi connectivity index (χ2v) is 5.97. The Balaban J connectivity index is 1.79. The fraction of sp³-hybridized carbons (Fsp3) is 0.571. The number of hydrogen-bond donors (Lipinski definition) is 1. The van der Waals surface area contributed by atoms with Gasteiger partial charge in [-0.1, -0.05) is 11.6 Å². The molecule has 1 N–H and O–H groups in total. The van der Waals surface area contributed by atoms with Gasteiger partial charge in [0.15, 0.2) is 0 Å². The van der Waals surface area contributed by atoms with Gasteiger partial charge in [-0.05, 0) is 37.5 Å². The Morgan fingerprint density at radius 1 is 1.15 bits per heavy atom. The van der Waals surface area contributed by atoms with Crippen LogP contribution in [0.15, 0.2) is 18.2 Å². The van der Waals surface area contributed by atoms with E-state index < -0.39 is 11.7 Å². The molecule has 0 bridgehead atoms. The summed E-state index contributed by atoms with van der Waals surface area (Å²) in [4.78, 5) is 1.80. The van der Waals surface area contributed by atoms with Gasteiger partial charge in [-0.2, -0.15) is 13.2 Å². The van der Waals surface area contributed by atoms with Crippen molar-refractivity contribution in [3.63, 3.8) is 0 Å². The Morgan fingerprint density at radius 2 is 1.90 bits per heavy atom.